The lowest BCUT2D eigenvalue weighted by Crippen LogP contribution is -2.10. The van der Waals surface area contributed by atoms with E-state index in [0.29, 0.717) is 17.8 Å². The van der Waals surface area contributed by atoms with Gasteiger partial charge in [0.1, 0.15) is 0 Å². The maximum atomic E-state index is 11.7. The molecule has 1 aromatic heterocycles. The Morgan fingerprint density at radius 2 is 1.74 bits per heavy atom. The number of aromatic nitrogens is 2. The first kappa shape index (κ1) is 17.1. The predicted molar refractivity (Wildman–Crippen MR) is 88.7 cm³/mol. The molecule has 1 N–H and O–H groups in total. The van der Waals surface area contributed by atoms with Crippen molar-refractivity contribution in [3.8, 4) is 11.3 Å². The van der Waals surface area contributed by atoms with Crippen molar-refractivity contribution >= 4 is 21.4 Å². The van der Waals surface area contributed by atoms with E-state index in [4.69, 9.17) is 0 Å². The Labute approximate surface area is 135 Å². The zero-order chi connectivity index (χ0) is 16.9. The fourth-order valence-corrected chi connectivity index (χ4v) is 2.70. The summed E-state index contributed by atoms with van der Waals surface area (Å²) in [5, 5.41) is 10.5. The highest BCUT2D eigenvalue weighted by Crippen LogP contribution is 2.20. The van der Waals surface area contributed by atoms with Crippen LogP contribution in [0.25, 0.3) is 11.3 Å². The van der Waals surface area contributed by atoms with Crippen molar-refractivity contribution in [1.82, 2.24) is 10.2 Å². The van der Waals surface area contributed by atoms with Crippen LogP contribution in [0.5, 0.6) is 0 Å². The van der Waals surface area contributed by atoms with Gasteiger partial charge in [0.2, 0.25) is 5.91 Å². The number of carbonyl (C=O) groups excluding carboxylic acids is 1. The third-order valence-electron chi connectivity index (χ3n) is 3.28. The molecule has 0 spiro atoms. The summed E-state index contributed by atoms with van der Waals surface area (Å²) >= 11 is 0. The van der Waals surface area contributed by atoms with Crippen LogP contribution in [0.15, 0.2) is 41.4 Å². The second-order valence-electron chi connectivity index (χ2n) is 5.04. The van der Waals surface area contributed by atoms with E-state index in [0.717, 1.165) is 12.0 Å². The molecule has 7 heteroatoms. The second kappa shape index (κ2) is 7.32. The number of hydrogen-bond acceptors (Lipinski definition) is 5. The number of anilines is 1. The Balaban J connectivity index is 2.15. The molecule has 1 heterocycles. The summed E-state index contributed by atoms with van der Waals surface area (Å²) in [5.41, 5.74) is 2.09. The average Bonchev–Trinajstić information content (AvgIpc) is 2.56. The fraction of sp³-hybridized carbons (Fsp3) is 0.312. The number of nitrogens with one attached hydrogen (secondary N) is 1. The average molecular weight is 333 g/mol. The Bertz CT molecular complexity index is 769. The van der Waals surface area contributed by atoms with E-state index < -0.39 is 9.84 Å². The van der Waals surface area contributed by atoms with Gasteiger partial charge in [-0.1, -0.05) is 26.0 Å². The summed E-state index contributed by atoms with van der Waals surface area (Å²) in [6.07, 6.45) is 1.28. The van der Waals surface area contributed by atoms with E-state index in [-0.39, 0.29) is 16.7 Å². The number of hydrogen-bond donors (Lipinski definition) is 1. The topological polar surface area (TPSA) is 89.0 Å². The van der Waals surface area contributed by atoms with Crippen molar-refractivity contribution in [1.29, 1.82) is 0 Å². The van der Waals surface area contributed by atoms with Gasteiger partial charge in [0.05, 0.1) is 11.4 Å². The number of amides is 1. The molecule has 23 heavy (non-hydrogen) atoms. The molecule has 0 saturated carbocycles. The maximum absolute atomic E-state index is 11.7. The zero-order valence-electron chi connectivity index (χ0n) is 13.1. The van der Waals surface area contributed by atoms with Gasteiger partial charge in [-0.15, -0.1) is 10.2 Å². The molecule has 0 radical (unpaired) electrons. The molecular formula is C16H19N3O3S. The predicted octanol–water partition coefficient (Wildman–Crippen LogP) is 2.68. The highest BCUT2D eigenvalue weighted by atomic mass is 32.2. The van der Waals surface area contributed by atoms with E-state index in [2.05, 4.69) is 15.5 Å². The van der Waals surface area contributed by atoms with Crippen LogP contribution in [-0.2, 0) is 14.6 Å². The van der Waals surface area contributed by atoms with Crippen LogP contribution in [0, 0.1) is 0 Å². The summed E-state index contributed by atoms with van der Waals surface area (Å²) in [4.78, 5) is 11.5. The fourth-order valence-electron chi connectivity index (χ4n) is 1.96. The summed E-state index contributed by atoms with van der Waals surface area (Å²) < 4.78 is 23.4. The van der Waals surface area contributed by atoms with Gasteiger partial charge >= 0.3 is 0 Å². The van der Waals surface area contributed by atoms with Gasteiger partial charge in [-0.2, -0.15) is 0 Å². The highest BCUT2D eigenvalue weighted by Gasteiger charge is 2.14. The van der Waals surface area contributed by atoms with Gasteiger partial charge in [-0.25, -0.2) is 8.42 Å². The molecule has 122 valence electrons. The molecule has 0 fully saturated rings. The standard InChI is InChI=1S/C16H19N3O3S/c1-3-5-15(20)17-13-8-6-12(7-9-13)14-10-11-16(19-18-14)23(21,22)4-2/h6-11H,3-5H2,1-2H3,(H,17,20). The first-order valence-electron chi connectivity index (χ1n) is 7.43. The Morgan fingerprint density at radius 3 is 2.26 bits per heavy atom. The molecule has 0 saturated heterocycles. The molecule has 1 aromatic carbocycles. The summed E-state index contributed by atoms with van der Waals surface area (Å²) in [6, 6.07) is 10.2. The van der Waals surface area contributed by atoms with E-state index in [1.54, 1.807) is 37.3 Å². The van der Waals surface area contributed by atoms with Crippen molar-refractivity contribution in [3.63, 3.8) is 0 Å². The van der Waals surface area contributed by atoms with E-state index >= 15 is 0 Å². The highest BCUT2D eigenvalue weighted by molar-refractivity contribution is 7.91. The molecule has 2 aromatic rings. The van der Waals surface area contributed by atoms with Gasteiger partial charge < -0.3 is 5.32 Å². The second-order valence-corrected chi connectivity index (χ2v) is 7.26. The monoisotopic (exact) mass is 333 g/mol. The van der Waals surface area contributed by atoms with Crippen LogP contribution >= 0.6 is 0 Å². The lowest BCUT2D eigenvalue weighted by atomic mass is 10.1. The minimum Gasteiger partial charge on any atom is -0.326 e. The largest absolute Gasteiger partial charge is 0.326 e. The Morgan fingerprint density at radius 1 is 1.04 bits per heavy atom. The van der Waals surface area contributed by atoms with E-state index in [1.165, 1.54) is 6.07 Å². The number of rotatable bonds is 6. The lowest BCUT2D eigenvalue weighted by Gasteiger charge is -2.06. The van der Waals surface area contributed by atoms with Crippen LogP contribution in [-0.4, -0.2) is 30.3 Å². The summed E-state index contributed by atoms with van der Waals surface area (Å²) in [6.45, 7) is 3.51. The number of benzene rings is 1. The maximum Gasteiger partial charge on any atom is 0.224 e. The van der Waals surface area contributed by atoms with Crippen LogP contribution in [0.2, 0.25) is 0 Å². The van der Waals surface area contributed by atoms with Crippen molar-refractivity contribution in [2.75, 3.05) is 11.1 Å². The molecule has 0 bridgehead atoms. The van der Waals surface area contributed by atoms with Gasteiger partial charge in [-0.3, -0.25) is 4.79 Å². The molecule has 0 aliphatic heterocycles. The molecule has 2 rings (SSSR count). The van der Waals surface area contributed by atoms with Gasteiger partial charge in [-0.05, 0) is 30.7 Å². The molecule has 0 unspecified atom stereocenters. The van der Waals surface area contributed by atoms with Crippen LogP contribution < -0.4 is 5.32 Å². The SMILES string of the molecule is CCCC(=O)Nc1ccc(-c2ccc(S(=O)(=O)CC)nn2)cc1. The quantitative estimate of drug-likeness (QED) is 0.878. The van der Waals surface area contributed by atoms with Crippen molar-refractivity contribution in [2.45, 2.75) is 31.7 Å². The number of sulfone groups is 1. The Kier molecular flexibility index (Phi) is 5.44. The number of carbonyl (C=O) groups is 1. The van der Waals surface area contributed by atoms with Crippen molar-refractivity contribution < 1.29 is 13.2 Å². The molecule has 0 aliphatic rings. The van der Waals surface area contributed by atoms with Crippen LogP contribution in [0.3, 0.4) is 0 Å². The number of nitrogens with zero attached hydrogens (tertiary/aromatic N) is 2. The van der Waals surface area contributed by atoms with E-state index in [9.17, 15) is 13.2 Å². The molecule has 0 aliphatic carbocycles. The zero-order valence-corrected chi connectivity index (χ0v) is 13.9. The van der Waals surface area contributed by atoms with Crippen molar-refractivity contribution in [2.24, 2.45) is 0 Å². The van der Waals surface area contributed by atoms with Crippen molar-refractivity contribution in [3.05, 3.63) is 36.4 Å². The van der Waals surface area contributed by atoms with Crippen LogP contribution in [0.4, 0.5) is 5.69 Å². The van der Waals surface area contributed by atoms with Crippen LogP contribution in [0.1, 0.15) is 26.7 Å². The minimum atomic E-state index is -3.34. The van der Waals surface area contributed by atoms with E-state index in [1.807, 2.05) is 6.92 Å². The smallest absolute Gasteiger partial charge is 0.224 e. The third kappa shape index (κ3) is 4.35. The molecular weight excluding hydrogens is 314 g/mol. The molecule has 0 atom stereocenters. The third-order valence-corrected chi connectivity index (χ3v) is 4.90. The Hall–Kier alpha value is -2.28. The normalized spacial score (nSPS) is 11.2. The lowest BCUT2D eigenvalue weighted by molar-refractivity contribution is -0.116. The molecule has 1 amide bonds. The van der Waals surface area contributed by atoms with Gasteiger partial charge in [0.25, 0.3) is 0 Å². The van der Waals surface area contributed by atoms with Gasteiger partial charge in [0, 0.05) is 17.7 Å². The first-order chi connectivity index (χ1) is 11.0. The van der Waals surface area contributed by atoms with Gasteiger partial charge in [0.15, 0.2) is 14.9 Å². The molecule has 6 nitrogen and oxygen atoms in total. The first-order valence-corrected chi connectivity index (χ1v) is 9.08. The minimum absolute atomic E-state index is 0.00676. The summed E-state index contributed by atoms with van der Waals surface area (Å²) in [5.74, 6) is -0.0261. The summed E-state index contributed by atoms with van der Waals surface area (Å²) in [7, 11) is -3.34.